The molecule has 0 radical (unpaired) electrons. The zero-order valence-electron chi connectivity index (χ0n) is 26.3. The van der Waals surface area contributed by atoms with Gasteiger partial charge in [0.1, 0.15) is 0 Å². The second kappa shape index (κ2) is 31.7. The molecule has 1 nitrogen and oxygen atoms in total. The molecule has 0 aromatic rings. The number of ether oxygens (including phenoxy) is 1. The number of hydrogen-bond donors (Lipinski definition) is 0. The van der Waals surface area contributed by atoms with Gasteiger partial charge in [-0.2, -0.15) is 0 Å². The lowest BCUT2D eigenvalue weighted by Gasteiger charge is -2.12. The average molecular weight is 519 g/mol. The third kappa shape index (κ3) is 28.3. The quantitative estimate of drug-likeness (QED) is 0.0678. The first-order valence-corrected chi connectivity index (χ1v) is 17.2. The van der Waals surface area contributed by atoms with E-state index in [1.54, 1.807) is 0 Å². The second-order valence-corrected chi connectivity index (χ2v) is 11.7. The Labute approximate surface area is 235 Å². The van der Waals surface area contributed by atoms with Crippen LogP contribution in [0.5, 0.6) is 0 Å². The number of allylic oxidation sites excluding steroid dienone is 4. The van der Waals surface area contributed by atoms with Crippen molar-refractivity contribution in [1.29, 1.82) is 0 Å². The van der Waals surface area contributed by atoms with Crippen molar-refractivity contribution < 1.29 is 4.74 Å². The van der Waals surface area contributed by atoms with Crippen LogP contribution in [0, 0.1) is 11.8 Å². The molecule has 0 N–H and O–H groups in total. The first-order chi connectivity index (χ1) is 18.3. The van der Waals surface area contributed by atoms with E-state index in [1.807, 2.05) is 0 Å². The molecule has 0 fully saturated rings. The summed E-state index contributed by atoms with van der Waals surface area (Å²) in [5.74, 6) is 1.63. The second-order valence-electron chi connectivity index (χ2n) is 11.7. The van der Waals surface area contributed by atoms with Crippen LogP contribution >= 0.6 is 0 Å². The van der Waals surface area contributed by atoms with E-state index >= 15 is 0 Å². The minimum absolute atomic E-state index is 0.816. The third-order valence-electron chi connectivity index (χ3n) is 7.81. The fourth-order valence-electron chi connectivity index (χ4n) is 5.40. The van der Waals surface area contributed by atoms with Crippen LogP contribution in [0.15, 0.2) is 24.3 Å². The summed E-state index contributed by atoms with van der Waals surface area (Å²) < 4.78 is 5.93. The van der Waals surface area contributed by atoms with Gasteiger partial charge in [-0.1, -0.05) is 142 Å². The number of rotatable bonds is 30. The van der Waals surface area contributed by atoms with Crippen molar-refractivity contribution in [3.05, 3.63) is 24.3 Å². The molecular weight excluding hydrogens is 448 g/mol. The van der Waals surface area contributed by atoms with E-state index in [-0.39, 0.29) is 0 Å². The van der Waals surface area contributed by atoms with Crippen LogP contribution < -0.4 is 0 Å². The predicted molar refractivity (Wildman–Crippen MR) is 170 cm³/mol. The Hall–Kier alpha value is -0.560. The van der Waals surface area contributed by atoms with Crippen LogP contribution in [0.1, 0.15) is 182 Å². The smallest absolute Gasteiger partial charge is 0.0466 e. The van der Waals surface area contributed by atoms with Crippen LogP contribution in [-0.2, 0) is 4.74 Å². The van der Waals surface area contributed by atoms with Crippen LogP contribution in [-0.4, -0.2) is 13.2 Å². The molecule has 0 saturated carbocycles. The van der Waals surface area contributed by atoms with E-state index in [0.717, 1.165) is 25.0 Å². The normalized spacial score (nSPS) is 13.7. The molecule has 0 aliphatic rings. The van der Waals surface area contributed by atoms with E-state index in [2.05, 4.69) is 52.0 Å². The van der Waals surface area contributed by atoms with Gasteiger partial charge in [-0.15, -0.1) is 0 Å². The summed E-state index contributed by atoms with van der Waals surface area (Å²) in [6.45, 7) is 11.2. The highest BCUT2D eigenvalue weighted by Gasteiger charge is 2.04. The predicted octanol–water partition coefficient (Wildman–Crippen LogP) is 12.8. The van der Waals surface area contributed by atoms with E-state index in [0.29, 0.717) is 0 Å². The van der Waals surface area contributed by atoms with Gasteiger partial charge in [0.2, 0.25) is 0 Å². The molecule has 0 spiro atoms. The van der Waals surface area contributed by atoms with Crippen molar-refractivity contribution >= 4 is 0 Å². The molecular formula is C36H70O. The van der Waals surface area contributed by atoms with Crippen LogP contribution in [0.4, 0.5) is 0 Å². The zero-order chi connectivity index (χ0) is 27.1. The Balaban J connectivity index is 3.60. The van der Waals surface area contributed by atoms with Gasteiger partial charge in [-0.3, -0.25) is 0 Å². The van der Waals surface area contributed by atoms with Gasteiger partial charge in [0, 0.05) is 13.2 Å². The van der Waals surface area contributed by atoms with Crippen molar-refractivity contribution in [3.8, 4) is 0 Å². The molecule has 0 saturated heterocycles. The maximum atomic E-state index is 5.93. The summed E-state index contributed by atoms with van der Waals surface area (Å²) in [5.41, 5.74) is 0. The van der Waals surface area contributed by atoms with Gasteiger partial charge in [-0.05, 0) is 76.0 Å². The first kappa shape index (κ1) is 36.4. The Bertz CT molecular complexity index is 423. The minimum atomic E-state index is 0.816. The molecule has 0 aliphatic carbocycles. The maximum absolute atomic E-state index is 5.93. The van der Waals surface area contributed by atoms with Crippen LogP contribution in [0.3, 0.4) is 0 Å². The molecule has 2 unspecified atom stereocenters. The molecule has 220 valence electrons. The van der Waals surface area contributed by atoms with E-state index in [1.165, 1.54) is 154 Å². The molecule has 0 amide bonds. The Morgan fingerprint density at radius 3 is 1.22 bits per heavy atom. The van der Waals surface area contributed by atoms with Gasteiger partial charge in [-0.25, -0.2) is 0 Å². The summed E-state index contributed by atoms with van der Waals surface area (Å²) in [6, 6.07) is 0. The lowest BCUT2D eigenvalue weighted by atomic mass is 9.95. The largest absolute Gasteiger partial charge is 0.381 e. The molecule has 2 atom stereocenters. The Morgan fingerprint density at radius 1 is 0.405 bits per heavy atom. The standard InChI is InChI=1S/C36H70O/c1-5-9-11-13-15-21-29-35(27-7-3)31-23-17-19-25-33-37-34-26-20-18-24-32-36(28-8-4)30-22-16-14-12-10-6-2/h21-22,29-30,35-36H,5-20,23-28,31-34H2,1-4H3. The lowest BCUT2D eigenvalue weighted by molar-refractivity contribution is 0.125. The zero-order valence-corrected chi connectivity index (χ0v) is 26.3. The molecule has 0 heterocycles. The molecule has 0 rings (SSSR count). The Kier molecular flexibility index (Phi) is 31.2. The van der Waals surface area contributed by atoms with Gasteiger partial charge in [0.15, 0.2) is 0 Å². The van der Waals surface area contributed by atoms with Crippen molar-refractivity contribution in [2.45, 2.75) is 182 Å². The van der Waals surface area contributed by atoms with Crippen LogP contribution in [0.25, 0.3) is 0 Å². The summed E-state index contributed by atoms with van der Waals surface area (Å²) in [5, 5.41) is 0. The van der Waals surface area contributed by atoms with Crippen molar-refractivity contribution in [2.75, 3.05) is 13.2 Å². The monoisotopic (exact) mass is 519 g/mol. The van der Waals surface area contributed by atoms with Crippen molar-refractivity contribution in [3.63, 3.8) is 0 Å². The molecule has 0 aromatic heterocycles. The first-order valence-electron chi connectivity index (χ1n) is 17.2. The SMILES string of the molecule is CCCCCCC=CC(CCC)CCCCCCOCCCCCCC(C=CCCCCCC)CCC. The highest BCUT2D eigenvalue weighted by atomic mass is 16.5. The molecule has 1 heteroatoms. The highest BCUT2D eigenvalue weighted by molar-refractivity contribution is 4.89. The van der Waals surface area contributed by atoms with E-state index in [4.69, 9.17) is 4.74 Å². The van der Waals surface area contributed by atoms with Gasteiger partial charge < -0.3 is 4.74 Å². The molecule has 0 bridgehead atoms. The number of unbranched alkanes of at least 4 members (excludes halogenated alkanes) is 14. The van der Waals surface area contributed by atoms with E-state index < -0.39 is 0 Å². The topological polar surface area (TPSA) is 9.23 Å². The van der Waals surface area contributed by atoms with Gasteiger partial charge in [0.05, 0.1) is 0 Å². The van der Waals surface area contributed by atoms with Crippen molar-refractivity contribution in [2.24, 2.45) is 11.8 Å². The highest BCUT2D eigenvalue weighted by Crippen LogP contribution is 2.20. The van der Waals surface area contributed by atoms with Crippen molar-refractivity contribution in [1.82, 2.24) is 0 Å². The molecule has 0 aromatic carbocycles. The lowest BCUT2D eigenvalue weighted by Crippen LogP contribution is -1.99. The molecule has 37 heavy (non-hydrogen) atoms. The number of hydrogen-bond acceptors (Lipinski definition) is 1. The summed E-state index contributed by atoms with van der Waals surface area (Å²) in [6.07, 6.45) is 42.4. The van der Waals surface area contributed by atoms with Gasteiger partial charge in [0.25, 0.3) is 0 Å². The fraction of sp³-hybridized carbons (Fsp3) is 0.889. The minimum Gasteiger partial charge on any atom is -0.381 e. The van der Waals surface area contributed by atoms with E-state index in [9.17, 15) is 0 Å². The Morgan fingerprint density at radius 2 is 0.811 bits per heavy atom. The third-order valence-corrected chi connectivity index (χ3v) is 7.81. The average Bonchev–Trinajstić information content (AvgIpc) is 2.90. The van der Waals surface area contributed by atoms with Crippen LogP contribution in [0.2, 0.25) is 0 Å². The summed E-state index contributed by atoms with van der Waals surface area (Å²) in [7, 11) is 0. The molecule has 0 aliphatic heterocycles. The summed E-state index contributed by atoms with van der Waals surface area (Å²) in [4.78, 5) is 0. The maximum Gasteiger partial charge on any atom is 0.0466 e. The summed E-state index contributed by atoms with van der Waals surface area (Å²) >= 11 is 0. The van der Waals surface area contributed by atoms with Gasteiger partial charge >= 0.3 is 0 Å². The fourth-order valence-corrected chi connectivity index (χ4v) is 5.40.